The summed E-state index contributed by atoms with van der Waals surface area (Å²) in [5.74, 6) is -0.479. The van der Waals surface area contributed by atoms with E-state index in [9.17, 15) is 9.59 Å². The Morgan fingerprint density at radius 3 is 2.63 bits per heavy atom. The number of carboxylic acids is 1. The molecule has 27 heavy (non-hydrogen) atoms. The number of nitrogens with zero attached hydrogens (tertiary/aromatic N) is 1. The average molecular weight is 383 g/mol. The quantitative estimate of drug-likeness (QED) is 0.498. The summed E-state index contributed by atoms with van der Waals surface area (Å²) in [6.45, 7) is 0. The monoisotopic (exact) mass is 382 g/mol. The maximum Gasteiger partial charge on any atom is 0.337 e. The van der Waals surface area contributed by atoms with Crippen LogP contribution in [-0.2, 0) is 11.2 Å². The van der Waals surface area contributed by atoms with Crippen LogP contribution in [0.4, 0.5) is 0 Å². The summed E-state index contributed by atoms with van der Waals surface area (Å²) in [6, 6.07) is 17.3. The number of carbonyl (C=O) groups is 2. The Morgan fingerprint density at radius 2 is 1.89 bits per heavy atom. The van der Waals surface area contributed by atoms with Crippen LogP contribution in [-0.4, -0.2) is 23.2 Å². The summed E-state index contributed by atoms with van der Waals surface area (Å²) < 4.78 is 5.61. The number of furan rings is 1. The topological polar surface area (TPSA) is 91.9 Å². The van der Waals surface area contributed by atoms with E-state index in [0.29, 0.717) is 17.1 Å². The summed E-state index contributed by atoms with van der Waals surface area (Å²) >= 11 is 5.87. The standard InChI is InChI=1S/C20H15ClN2O4/c21-17-8-6-14(11-16(17)20(25)26)18-9-7-15(27-18)12-22-23-19(24)10-13-4-2-1-3-5-13/h1-9,11-12H,10H2,(H,23,24)(H,25,26)/b22-12-. The van der Waals surface area contributed by atoms with Crippen molar-refractivity contribution in [2.45, 2.75) is 6.42 Å². The lowest BCUT2D eigenvalue weighted by Crippen LogP contribution is -2.19. The van der Waals surface area contributed by atoms with Gasteiger partial charge in [-0.15, -0.1) is 0 Å². The second-order valence-electron chi connectivity index (χ2n) is 5.66. The number of halogens is 1. The van der Waals surface area contributed by atoms with Gasteiger partial charge in [0.25, 0.3) is 0 Å². The van der Waals surface area contributed by atoms with E-state index in [0.717, 1.165) is 5.56 Å². The number of carboxylic acid groups (broad SMARTS) is 1. The second kappa shape index (κ2) is 8.33. The minimum absolute atomic E-state index is 0.00559. The molecule has 0 bridgehead atoms. The van der Waals surface area contributed by atoms with E-state index in [1.54, 1.807) is 18.2 Å². The molecule has 0 radical (unpaired) electrons. The van der Waals surface area contributed by atoms with Crippen molar-refractivity contribution in [2.75, 3.05) is 0 Å². The van der Waals surface area contributed by atoms with E-state index in [-0.39, 0.29) is 22.9 Å². The lowest BCUT2D eigenvalue weighted by molar-refractivity contribution is -0.120. The summed E-state index contributed by atoms with van der Waals surface area (Å²) in [5.41, 5.74) is 3.89. The van der Waals surface area contributed by atoms with Gasteiger partial charge in [0.2, 0.25) is 5.91 Å². The number of benzene rings is 2. The van der Waals surface area contributed by atoms with Gasteiger partial charge in [-0.05, 0) is 35.9 Å². The van der Waals surface area contributed by atoms with Gasteiger partial charge in [0.1, 0.15) is 11.5 Å². The molecular weight excluding hydrogens is 368 g/mol. The lowest BCUT2D eigenvalue weighted by atomic mass is 10.1. The van der Waals surface area contributed by atoms with Crippen LogP contribution < -0.4 is 5.43 Å². The first-order valence-corrected chi connectivity index (χ1v) is 8.39. The molecule has 136 valence electrons. The SMILES string of the molecule is O=C(Cc1ccccc1)N/N=C\c1ccc(-c2ccc(Cl)c(C(=O)O)c2)o1. The van der Waals surface area contributed by atoms with Crippen LogP contribution in [0, 0.1) is 0 Å². The molecule has 2 aromatic carbocycles. The molecule has 6 nitrogen and oxygen atoms in total. The Kier molecular flexibility index (Phi) is 5.68. The normalized spacial score (nSPS) is 10.9. The van der Waals surface area contributed by atoms with Crippen molar-refractivity contribution >= 4 is 29.7 Å². The van der Waals surface area contributed by atoms with Crippen molar-refractivity contribution in [3.8, 4) is 11.3 Å². The molecule has 7 heteroatoms. The van der Waals surface area contributed by atoms with Crippen LogP contribution >= 0.6 is 11.6 Å². The fraction of sp³-hybridized carbons (Fsp3) is 0.0500. The summed E-state index contributed by atoms with van der Waals surface area (Å²) in [5, 5.41) is 13.2. The van der Waals surface area contributed by atoms with Crippen LogP contribution in [0.25, 0.3) is 11.3 Å². The van der Waals surface area contributed by atoms with Crippen molar-refractivity contribution in [1.82, 2.24) is 5.43 Å². The third-order valence-electron chi connectivity index (χ3n) is 3.70. The maximum atomic E-state index is 11.8. The fourth-order valence-corrected chi connectivity index (χ4v) is 2.61. The predicted octanol–water partition coefficient (Wildman–Crippen LogP) is 3.99. The van der Waals surface area contributed by atoms with Crippen LogP contribution in [0.1, 0.15) is 21.7 Å². The van der Waals surface area contributed by atoms with Crippen molar-refractivity contribution in [3.63, 3.8) is 0 Å². The molecule has 1 heterocycles. The van der Waals surface area contributed by atoms with Crippen molar-refractivity contribution in [2.24, 2.45) is 5.10 Å². The van der Waals surface area contributed by atoms with Crippen LogP contribution in [0.15, 0.2) is 70.2 Å². The zero-order valence-electron chi connectivity index (χ0n) is 14.1. The molecule has 0 fully saturated rings. The van der Waals surface area contributed by atoms with E-state index in [1.807, 2.05) is 30.3 Å². The second-order valence-corrected chi connectivity index (χ2v) is 6.06. The number of hydrazone groups is 1. The molecule has 0 aliphatic rings. The number of hydrogen-bond donors (Lipinski definition) is 2. The van der Waals surface area contributed by atoms with Gasteiger partial charge in [-0.1, -0.05) is 41.9 Å². The Labute approximate surface area is 160 Å². The number of rotatable bonds is 6. The van der Waals surface area contributed by atoms with E-state index in [2.05, 4.69) is 10.5 Å². The number of aromatic carboxylic acids is 1. The fourth-order valence-electron chi connectivity index (χ4n) is 2.41. The number of carbonyl (C=O) groups excluding carboxylic acids is 1. The van der Waals surface area contributed by atoms with Crippen molar-refractivity contribution in [3.05, 3.63) is 82.6 Å². The smallest absolute Gasteiger partial charge is 0.337 e. The molecule has 3 aromatic rings. The molecule has 1 aromatic heterocycles. The summed E-state index contributed by atoms with van der Waals surface area (Å²) in [6.07, 6.45) is 1.60. The van der Waals surface area contributed by atoms with E-state index >= 15 is 0 Å². The zero-order valence-corrected chi connectivity index (χ0v) is 14.8. The average Bonchev–Trinajstić information content (AvgIpc) is 3.11. The molecule has 0 spiro atoms. The van der Waals surface area contributed by atoms with E-state index in [4.69, 9.17) is 21.1 Å². The Hall–Kier alpha value is -3.38. The highest BCUT2D eigenvalue weighted by atomic mass is 35.5. The molecule has 0 atom stereocenters. The van der Waals surface area contributed by atoms with Gasteiger partial charge in [-0.3, -0.25) is 4.79 Å². The zero-order chi connectivity index (χ0) is 19.2. The first-order chi connectivity index (χ1) is 13.0. The molecule has 0 saturated heterocycles. The highest BCUT2D eigenvalue weighted by molar-refractivity contribution is 6.33. The first-order valence-electron chi connectivity index (χ1n) is 8.02. The Balaban J connectivity index is 1.64. The van der Waals surface area contributed by atoms with Gasteiger partial charge < -0.3 is 9.52 Å². The minimum Gasteiger partial charge on any atom is -0.478 e. The van der Waals surface area contributed by atoms with Gasteiger partial charge in [-0.25, -0.2) is 10.2 Å². The van der Waals surface area contributed by atoms with Gasteiger partial charge in [0.05, 0.1) is 23.2 Å². The molecule has 1 amide bonds. The van der Waals surface area contributed by atoms with Gasteiger partial charge >= 0.3 is 5.97 Å². The van der Waals surface area contributed by atoms with Crippen molar-refractivity contribution < 1.29 is 19.1 Å². The predicted molar refractivity (Wildman–Crippen MR) is 102 cm³/mol. The molecule has 0 aliphatic heterocycles. The molecule has 0 aliphatic carbocycles. The molecule has 0 unspecified atom stereocenters. The largest absolute Gasteiger partial charge is 0.478 e. The molecular formula is C20H15ClN2O4. The minimum atomic E-state index is -1.11. The van der Waals surface area contributed by atoms with Crippen LogP contribution in [0.2, 0.25) is 5.02 Å². The van der Waals surface area contributed by atoms with Gasteiger partial charge in [0.15, 0.2) is 0 Å². The highest BCUT2D eigenvalue weighted by Gasteiger charge is 2.12. The number of nitrogens with one attached hydrogen (secondary N) is 1. The third-order valence-corrected chi connectivity index (χ3v) is 4.03. The van der Waals surface area contributed by atoms with Crippen LogP contribution in [0.5, 0.6) is 0 Å². The first kappa shape index (κ1) is 18.4. The van der Waals surface area contributed by atoms with Crippen molar-refractivity contribution in [1.29, 1.82) is 0 Å². The Bertz CT molecular complexity index is 996. The van der Waals surface area contributed by atoms with Crippen LogP contribution in [0.3, 0.4) is 0 Å². The molecule has 0 saturated carbocycles. The summed E-state index contributed by atoms with van der Waals surface area (Å²) in [7, 11) is 0. The van der Waals surface area contributed by atoms with Gasteiger partial charge in [-0.2, -0.15) is 5.10 Å². The molecule has 3 rings (SSSR count). The van der Waals surface area contributed by atoms with E-state index < -0.39 is 5.97 Å². The van der Waals surface area contributed by atoms with E-state index in [1.165, 1.54) is 18.3 Å². The Morgan fingerprint density at radius 1 is 1.11 bits per heavy atom. The maximum absolute atomic E-state index is 11.8. The molecule has 2 N–H and O–H groups in total. The third kappa shape index (κ3) is 4.83. The number of amides is 1. The number of hydrogen-bond acceptors (Lipinski definition) is 4. The summed E-state index contributed by atoms with van der Waals surface area (Å²) in [4.78, 5) is 23.0. The lowest BCUT2D eigenvalue weighted by Gasteiger charge is -2.02. The van der Waals surface area contributed by atoms with Gasteiger partial charge in [0, 0.05) is 5.56 Å². The highest BCUT2D eigenvalue weighted by Crippen LogP contribution is 2.26.